The highest BCUT2D eigenvalue weighted by Crippen LogP contribution is 2.17. The Labute approximate surface area is 123 Å². The molecule has 0 aliphatic carbocycles. The second-order valence-electron chi connectivity index (χ2n) is 6.57. The highest BCUT2D eigenvalue weighted by Gasteiger charge is 2.19. The van der Waals surface area contributed by atoms with E-state index in [2.05, 4.69) is 54.2 Å². The third-order valence-corrected chi connectivity index (χ3v) is 3.92. The van der Waals surface area contributed by atoms with Crippen molar-refractivity contribution in [3.8, 4) is 0 Å². The first kappa shape index (κ1) is 15.5. The van der Waals surface area contributed by atoms with Gasteiger partial charge in [0.25, 0.3) is 0 Å². The number of hydrogen-bond donors (Lipinski definition) is 1. The molecule has 0 saturated carbocycles. The Balaban J connectivity index is 1.78. The molecule has 0 spiro atoms. The number of aryl methyl sites for hydroxylation is 1. The molecule has 3 nitrogen and oxygen atoms in total. The summed E-state index contributed by atoms with van der Waals surface area (Å²) >= 11 is 0. The SMILES string of the molecule is Cc1cccc(CN2CCCC(CNCC(C)C)C2)n1. The van der Waals surface area contributed by atoms with Crippen LogP contribution in [0, 0.1) is 18.8 Å². The highest BCUT2D eigenvalue weighted by molar-refractivity contribution is 5.09. The lowest BCUT2D eigenvalue weighted by Gasteiger charge is -2.32. The highest BCUT2D eigenvalue weighted by atomic mass is 15.1. The lowest BCUT2D eigenvalue weighted by molar-refractivity contribution is 0.163. The average molecular weight is 275 g/mol. The molecule has 1 aromatic heterocycles. The van der Waals surface area contributed by atoms with E-state index < -0.39 is 0 Å². The fraction of sp³-hybridized carbons (Fsp3) is 0.706. The number of hydrogen-bond acceptors (Lipinski definition) is 3. The Hall–Kier alpha value is -0.930. The Kier molecular flexibility index (Phi) is 5.99. The number of likely N-dealkylation sites (tertiary alicyclic amines) is 1. The molecular weight excluding hydrogens is 246 g/mol. The van der Waals surface area contributed by atoms with Crippen LogP contribution in [0.1, 0.15) is 38.1 Å². The van der Waals surface area contributed by atoms with Crippen LogP contribution in [0.25, 0.3) is 0 Å². The summed E-state index contributed by atoms with van der Waals surface area (Å²) in [6.07, 6.45) is 2.68. The molecule has 1 aliphatic rings. The van der Waals surface area contributed by atoms with Gasteiger partial charge in [0.05, 0.1) is 5.69 Å². The lowest BCUT2D eigenvalue weighted by Crippen LogP contribution is -2.40. The van der Waals surface area contributed by atoms with Gasteiger partial charge in [-0.1, -0.05) is 19.9 Å². The van der Waals surface area contributed by atoms with Gasteiger partial charge in [-0.05, 0) is 63.4 Å². The van der Waals surface area contributed by atoms with E-state index in [0.717, 1.165) is 37.2 Å². The summed E-state index contributed by atoms with van der Waals surface area (Å²) in [5.41, 5.74) is 2.33. The van der Waals surface area contributed by atoms with E-state index in [1.807, 2.05) is 0 Å². The monoisotopic (exact) mass is 275 g/mol. The van der Waals surface area contributed by atoms with Gasteiger partial charge in [0.15, 0.2) is 0 Å². The van der Waals surface area contributed by atoms with Crippen molar-refractivity contribution in [2.45, 2.75) is 40.2 Å². The van der Waals surface area contributed by atoms with Crippen LogP contribution in [-0.2, 0) is 6.54 Å². The van der Waals surface area contributed by atoms with Crippen molar-refractivity contribution in [2.75, 3.05) is 26.2 Å². The number of nitrogens with one attached hydrogen (secondary N) is 1. The molecule has 2 rings (SSSR count). The molecule has 2 heterocycles. The van der Waals surface area contributed by atoms with E-state index in [1.54, 1.807) is 0 Å². The molecule has 1 unspecified atom stereocenters. The van der Waals surface area contributed by atoms with Crippen LogP contribution in [0.3, 0.4) is 0 Å². The van der Waals surface area contributed by atoms with Gasteiger partial charge in [-0.2, -0.15) is 0 Å². The minimum atomic E-state index is 0.742. The number of nitrogens with zero attached hydrogens (tertiary/aromatic N) is 2. The zero-order valence-electron chi connectivity index (χ0n) is 13.2. The van der Waals surface area contributed by atoms with Crippen LogP contribution in [0.15, 0.2) is 18.2 Å². The Morgan fingerprint density at radius 3 is 3.00 bits per heavy atom. The molecule has 0 radical (unpaired) electrons. The maximum absolute atomic E-state index is 4.62. The first-order valence-electron chi connectivity index (χ1n) is 7.99. The molecule has 112 valence electrons. The van der Waals surface area contributed by atoms with Crippen molar-refractivity contribution in [1.82, 2.24) is 15.2 Å². The van der Waals surface area contributed by atoms with E-state index >= 15 is 0 Å². The lowest BCUT2D eigenvalue weighted by atomic mass is 9.97. The Morgan fingerprint density at radius 1 is 1.40 bits per heavy atom. The fourth-order valence-electron chi connectivity index (χ4n) is 2.95. The molecule has 1 N–H and O–H groups in total. The summed E-state index contributed by atoms with van der Waals surface area (Å²) in [6, 6.07) is 6.33. The van der Waals surface area contributed by atoms with Crippen LogP contribution in [-0.4, -0.2) is 36.1 Å². The Bertz CT molecular complexity index is 403. The second-order valence-corrected chi connectivity index (χ2v) is 6.57. The molecule has 1 atom stereocenters. The normalized spacial score (nSPS) is 20.5. The molecule has 0 amide bonds. The molecule has 0 aromatic carbocycles. The van der Waals surface area contributed by atoms with Gasteiger partial charge in [0, 0.05) is 18.8 Å². The molecule has 1 aromatic rings. The van der Waals surface area contributed by atoms with E-state index in [0.29, 0.717) is 0 Å². The fourth-order valence-corrected chi connectivity index (χ4v) is 2.95. The molecule has 1 aliphatic heterocycles. The van der Waals surface area contributed by atoms with Crippen LogP contribution in [0.5, 0.6) is 0 Å². The van der Waals surface area contributed by atoms with Crippen molar-refractivity contribution in [3.05, 3.63) is 29.6 Å². The van der Waals surface area contributed by atoms with Crippen molar-refractivity contribution < 1.29 is 0 Å². The van der Waals surface area contributed by atoms with E-state index in [4.69, 9.17) is 0 Å². The van der Waals surface area contributed by atoms with E-state index in [1.165, 1.54) is 31.6 Å². The van der Waals surface area contributed by atoms with Gasteiger partial charge in [-0.25, -0.2) is 0 Å². The molecule has 3 heteroatoms. The summed E-state index contributed by atoms with van der Waals surface area (Å²) in [6.45, 7) is 12.3. The minimum absolute atomic E-state index is 0.742. The average Bonchev–Trinajstić information content (AvgIpc) is 2.39. The maximum Gasteiger partial charge on any atom is 0.0547 e. The van der Waals surface area contributed by atoms with Gasteiger partial charge in [0.1, 0.15) is 0 Å². The predicted molar refractivity (Wildman–Crippen MR) is 84.7 cm³/mol. The summed E-state index contributed by atoms with van der Waals surface area (Å²) in [4.78, 5) is 7.18. The third kappa shape index (κ3) is 5.22. The van der Waals surface area contributed by atoms with Gasteiger partial charge in [-0.15, -0.1) is 0 Å². The quantitative estimate of drug-likeness (QED) is 0.865. The number of aromatic nitrogens is 1. The predicted octanol–water partition coefficient (Wildman–Crippen LogP) is 2.85. The largest absolute Gasteiger partial charge is 0.316 e. The van der Waals surface area contributed by atoms with Gasteiger partial charge >= 0.3 is 0 Å². The zero-order valence-corrected chi connectivity index (χ0v) is 13.2. The Morgan fingerprint density at radius 2 is 2.25 bits per heavy atom. The molecule has 20 heavy (non-hydrogen) atoms. The standard InChI is InChI=1S/C17H29N3/c1-14(2)10-18-11-16-7-5-9-20(12-16)13-17-8-4-6-15(3)19-17/h4,6,8,14,16,18H,5,7,9-13H2,1-3H3. The van der Waals surface area contributed by atoms with Crippen molar-refractivity contribution >= 4 is 0 Å². The van der Waals surface area contributed by atoms with E-state index in [-0.39, 0.29) is 0 Å². The van der Waals surface area contributed by atoms with Crippen LogP contribution in [0.2, 0.25) is 0 Å². The first-order valence-corrected chi connectivity index (χ1v) is 7.99. The number of pyridine rings is 1. The van der Waals surface area contributed by atoms with Gasteiger partial charge < -0.3 is 5.32 Å². The molecule has 0 bridgehead atoms. The zero-order chi connectivity index (χ0) is 14.4. The van der Waals surface area contributed by atoms with Gasteiger partial charge in [-0.3, -0.25) is 9.88 Å². The molecule has 1 fully saturated rings. The summed E-state index contributed by atoms with van der Waals surface area (Å²) in [5.74, 6) is 1.54. The van der Waals surface area contributed by atoms with Gasteiger partial charge in [0.2, 0.25) is 0 Å². The summed E-state index contributed by atoms with van der Waals surface area (Å²) in [5, 5.41) is 3.61. The van der Waals surface area contributed by atoms with Crippen molar-refractivity contribution in [1.29, 1.82) is 0 Å². The minimum Gasteiger partial charge on any atom is -0.316 e. The third-order valence-electron chi connectivity index (χ3n) is 3.92. The van der Waals surface area contributed by atoms with E-state index in [9.17, 15) is 0 Å². The topological polar surface area (TPSA) is 28.2 Å². The number of rotatable bonds is 6. The molecule has 1 saturated heterocycles. The summed E-state index contributed by atoms with van der Waals surface area (Å²) in [7, 11) is 0. The van der Waals surface area contributed by atoms with Crippen LogP contribution >= 0.6 is 0 Å². The van der Waals surface area contributed by atoms with Crippen LogP contribution < -0.4 is 5.32 Å². The smallest absolute Gasteiger partial charge is 0.0547 e. The first-order chi connectivity index (χ1) is 9.63. The summed E-state index contributed by atoms with van der Waals surface area (Å²) < 4.78 is 0. The maximum atomic E-state index is 4.62. The van der Waals surface area contributed by atoms with Crippen molar-refractivity contribution in [3.63, 3.8) is 0 Å². The number of piperidine rings is 1. The van der Waals surface area contributed by atoms with Crippen LogP contribution in [0.4, 0.5) is 0 Å². The molecular formula is C17H29N3. The second kappa shape index (κ2) is 7.75. The van der Waals surface area contributed by atoms with Crippen molar-refractivity contribution in [2.24, 2.45) is 11.8 Å².